The van der Waals surface area contributed by atoms with Gasteiger partial charge in [0.05, 0.1) is 23.8 Å². The summed E-state index contributed by atoms with van der Waals surface area (Å²) < 4.78 is 114. The molecule has 0 unspecified atom stereocenters. The van der Waals surface area contributed by atoms with Crippen LogP contribution in [0.1, 0.15) is 41.7 Å². The van der Waals surface area contributed by atoms with Gasteiger partial charge in [0.25, 0.3) is 12.0 Å². The lowest BCUT2D eigenvalue weighted by Gasteiger charge is -2.34. The van der Waals surface area contributed by atoms with Crippen LogP contribution in [0.15, 0.2) is 41.2 Å². The third-order valence-corrected chi connectivity index (χ3v) is 6.08. The number of halogens is 8. The van der Waals surface area contributed by atoms with Gasteiger partial charge in [0.2, 0.25) is 5.91 Å². The van der Waals surface area contributed by atoms with Gasteiger partial charge in [-0.2, -0.15) is 13.2 Å². The Balaban J connectivity index is 1.43. The molecule has 3 aromatic rings. The lowest BCUT2D eigenvalue weighted by Crippen LogP contribution is -2.42. The van der Waals surface area contributed by atoms with Crippen molar-refractivity contribution in [2.24, 2.45) is 5.92 Å². The number of aromatic amines is 1. The number of aromatic nitrogens is 2. The summed E-state index contributed by atoms with van der Waals surface area (Å²) in [6, 6.07) is 4.59. The average Bonchev–Trinajstić information content (AvgIpc) is 2.80. The van der Waals surface area contributed by atoms with Gasteiger partial charge in [-0.15, -0.1) is 0 Å². The smallest absolute Gasteiger partial charge is 0.373 e. The second-order valence-corrected chi connectivity index (χ2v) is 8.88. The highest BCUT2D eigenvalue weighted by Gasteiger charge is 2.38. The molecule has 1 heterocycles. The minimum absolute atomic E-state index is 0.0872. The Morgan fingerprint density at radius 3 is 2.36 bits per heavy atom. The zero-order valence-corrected chi connectivity index (χ0v) is 19.7. The molecule has 1 amide bonds. The molecular formula is C25H19F8N3O3. The van der Waals surface area contributed by atoms with Crippen LogP contribution in [0.5, 0.6) is 0 Å². The minimum atomic E-state index is -5.12. The molecule has 1 fully saturated rings. The maximum absolute atomic E-state index is 15.3. The van der Waals surface area contributed by atoms with E-state index in [4.69, 9.17) is 4.74 Å². The van der Waals surface area contributed by atoms with E-state index in [1.54, 1.807) is 0 Å². The number of nitrogens with zero attached hydrogens (tertiary/aromatic N) is 1. The molecule has 2 N–H and O–H groups in total. The van der Waals surface area contributed by atoms with Crippen LogP contribution in [0.2, 0.25) is 0 Å². The second kappa shape index (κ2) is 11.1. The normalized spacial score (nSPS) is 17.3. The van der Waals surface area contributed by atoms with Crippen molar-refractivity contribution < 1.29 is 44.7 Å². The molecule has 6 nitrogen and oxygen atoms in total. The number of carbonyl (C=O) groups excluding carboxylic acids is 1. The Kier molecular flexibility index (Phi) is 8.04. The van der Waals surface area contributed by atoms with Gasteiger partial charge in [-0.3, -0.25) is 9.59 Å². The highest BCUT2D eigenvalue weighted by molar-refractivity contribution is 5.79. The van der Waals surface area contributed by atoms with Gasteiger partial charge in [-0.05, 0) is 36.6 Å². The summed E-state index contributed by atoms with van der Waals surface area (Å²) in [5.41, 5.74) is -5.27. The third-order valence-electron chi connectivity index (χ3n) is 6.08. The largest absolute Gasteiger partial charge is 0.417 e. The molecule has 4 rings (SSSR count). The van der Waals surface area contributed by atoms with E-state index >= 15 is 4.39 Å². The van der Waals surface area contributed by atoms with Crippen molar-refractivity contribution in [3.63, 3.8) is 0 Å². The monoisotopic (exact) mass is 561 g/mol. The first-order valence-corrected chi connectivity index (χ1v) is 11.4. The summed E-state index contributed by atoms with van der Waals surface area (Å²) in [6.45, 7) is -0.630. The van der Waals surface area contributed by atoms with Crippen LogP contribution in [0, 0.1) is 23.4 Å². The zero-order valence-electron chi connectivity index (χ0n) is 19.7. The van der Waals surface area contributed by atoms with Crippen molar-refractivity contribution in [3.05, 3.63) is 86.6 Å². The molecule has 1 saturated carbocycles. The van der Waals surface area contributed by atoms with Crippen LogP contribution in [-0.4, -0.2) is 22.0 Å². The summed E-state index contributed by atoms with van der Waals surface area (Å²) in [5.74, 6) is -5.16. The predicted octanol–water partition coefficient (Wildman–Crippen LogP) is 5.42. The van der Waals surface area contributed by atoms with Crippen molar-refractivity contribution in [2.45, 2.75) is 44.7 Å². The standard InChI is InChI=1S/C25H19F8N3O3/c26-14-3-11(4-15(27)7-14)10-39-16-5-13(6-16)24(38)34-9-12-1-2-17(25(31,32)33)20(21(12)28)23-35-18(22(29)30)8-19(37)36-23/h1-4,7-8,13,16,22H,5-6,9-10H2,(H,34,38)(H,35,36,37). The molecule has 2 aromatic carbocycles. The zero-order chi connectivity index (χ0) is 28.5. The number of ether oxygens (including phenoxy) is 1. The van der Waals surface area contributed by atoms with Crippen molar-refractivity contribution in [1.29, 1.82) is 0 Å². The van der Waals surface area contributed by atoms with Gasteiger partial charge in [-0.25, -0.2) is 26.9 Å². The Morgan fingerprint density at radius 1 is 1.08 bits per heavy atom. The Morgan fingerprint density at radius 2 is 1.74 bits per heavy atom. The molecule has 39 heavy (non-hydrogen) atoms. The van der Waals surface area contributed by atoms with E-state index in [9.17, 15) is 40.3 Å². The van der Waals surface area contributed by atoms with Crippen LogP contribution in [0.25, 0.3) is 11.4 Å². The van der Waals surface area contributed by atoms with Crippen molar-refractivity contribution >= 4 is 5.91 Å². The molecule has 14 heteroatoms. The molecule has 0 aliphatic heterocycles. The first-order valence-electron chi connectivity index (χ1n) is 11.4. The maximum Gasteiger partial charge on any atom is 0.417 e. The van der Waals surface area contributed by atoms with Crippen LogP contribution in [0.3, 0.4) is 0 Å². The van der Waals surface area contributed by atoms with Crippen LogP contribution in [0.4, 0.5) is 35.1 Å². The average molecular weight is 561 g/mol. The molecule has 1 aliphatic carbocycles. The fourth-order valence-corrected chi connectivity index (χ4v) is 4.08. The van der Waals surface area contributed by atoms with E-state index < -0.39 is 82.2 Å². The molecular weight excluding hydrogens is 542 g/mol. The molecule has 0 radical (unpaired) electrons. The molecule has 208 valence electrons. The van der Waals surface area contributed by atoms with Crippen molar-refractivity contribution in [3.8, 4) is 11.4 Å². The first kappa shape index (κ1) is 28.2. The topological polar surface area (TPSA) is 84.1 Å². The molecule has 0 bridgehead atoms. The molecule has 0 spiro atoms. The Labute approximate surface area is 215 Å². The van der Waals surface area contributed by atoms with Crippen molar-refractivity contribution in [1.82, 2.24) is 15.3 Å². The summed E-state index contributed by atoms with van der Waals surface area (Å²) in [7, 11) is 0. The Bertz CT molecular complexity index is 1410. The molecule has 1 aromatic heterocycles. The number of nitrogens with one attached hydrogen (secondary N) is 2. The summed E-state index contributed by atoms with van der Waals surface area (Å²) in [6.07, 6.45) is -8.30. The van der Waals surface area contributed by atoms with Gasteiger partial charge in [0, 0.05) is 30.2 Å². The number of alkyl halides is 5. The van der Waals surface area contributed by atoms with Crippen LogP contribution in [-0.2, 0) is 28.9 Å². The number of hydrogen-bond acceptors (Lipinski definition) is 4. The van der Waals surface area contributed by atoms with E-state index in [1.165, 1.54) is 0 Å². The fraction of sp³-hybridized carbons (Fsp3) is 0.320. The molecule has 0 saturated heterocycles. The van der Waals surface area contributed by atoms with Gasteiger partial charge < -0.3 is 15.0 Å². The quantitative estimate of drug-likeness (QED) is 0.360. The fourth-order valence-electron chi connectivity index (χ4n) is 4.08. The van der Waals surface area contributed by atoms with E-state index in [-0.39, 0.29) is 31.1 Å². The Hall–Kier alpha value is -3.81. The lowest BCUT2D eigenvalue weighted by molar-refractivity contribution is -0.137. The number of rotatable bonds is 8. The second-order valence-electron chi connectivity index (χ2n) is 8.88. The van der Waals surface area contributed by atoms with Gasteiger partial charge in [0.15, 0.2) is 0 Å². The highest BCUT2D eigenvalue weighted by Crippen LogP contribution is 2.39. The van der Waals surface area contributed by atoms with E-state index in [0.717, 1.165) is 18.2 Å². The summed E-state index contributed by atoms with van der Waals surface area (Å²) in [4.78, 5) is 29.3. The minimum Gasteiger partial charge on any atom is -0.373 e. The number of carbonyl (C=O) groups is 1. The molecule has 1 aliphatic rings. The van der Waals surface area contributed by atoms with Gasteiger partial charge in [0.1, 0.15) is 29.0 Å². The van der Waals surface area contributed by atoms with E-state index in [0.29, 0.717) is 18.2 Å². The third kappa shape index (κ3) is 6.61. The van der Waals surface area contributed by atoms with Crippen molar-refractivity contribution in [2.75, 3.05) is 0 Å². The number of H-pyrrole nitrogens is 1. The lowest BCUT2D eigenvalue weighted by atomic mass is 9.81. The predicted molar refractivity (Wildman–Crippen MR) is 120 cm³/mol. The SMILES string of the molecule is O=C(NCc1ccc(C(F)(F)F)c(-c2nc(C(F)F)cc(=O)[nH]2)c1F)C1CC(OCc2cc(F)cc(F)c2)C1. The van der Waals surface area contributed by atoms with E-state index in [1.807, 2.05) is 4.98 Å². The van der Waals surface area contributed by atoms with E-state index in [2.05, 4.69) is 10.3 Å². The number of amides is 1. The van der Waals surface area contributed by atoms with Crippen LogP contribution >= 0.6 is 0 Å². The number of hydrogen-bond donors (Lipinski definition) is 2. The van der Waals surface area contributed by atoms with Gasteiger partial charge >= 0.3 is 6.18 Å². The highest BCUT2D eigenvalue weighted by atomic mass is 19.4. The van der Waals surface area contributed by atoms with Crippen LogP contribution < -0.4 is 10.9 Å². The van der Waals surface area contributed by atoms with Gasteiger partial charge in [-0.1, -0.05) is 6.07 Å². The molecule has 0 atom stereocenters. The summed E-state index contributed by atoms with van der Waals surface area (Å²) >= 11 is 0. The summed E-state index contributed by atoms with van der Waals surface area (Å²) in [5, 5.41) is 2.40. The maximum atomic E-state index is 15.3. The number of benzene rings is 2. The first-order chi connectivity index (χ1) is 18.3.